The van der Waals surface area contributed by atoms with E-state index in [4.69, 9.17) is 4.42 Å². The molecular weight excluding hydrogens is 228 g/mol. The SMILES string of the molecule is CNc1ncc(C)c(N(C)Cc2ccc(C)o2)n1. The normalized spacial score (nSPS) is 10.4. The molecule has 0 unspecified atom stereocenters. The molecule has 0 atom stereocenters. The van der Waals surface area contributed by atoms with Crippen molar-refractivity contribution in [1.82, 2.24) is 9.97 Å². The van der Waals surface area contributed by atoms with Gasteiger partial charge in [0.1, 0.15) is 17.3 Å². The number of hydrogen-bond donors (Lipinski definition) is 1. The van der Waals surface area contributed by atoms with Crippen molar-refractivity contribution in [2.75, 3.05) is 24.3 Å². The van der Waals surface area contributed by atoms with Crippen LogP contribution in [-0.4, -0.2) is 24.1 Å². The van der Waals surface area contributed by atoms with Gasteiger partial charge in [0.2, 0.25) is 5.95 Å². The van der Waals surface area contributed by atoms with Gasteiger partial charge in [-0.2, -0.15) is 4.98 Å². The zero-order valence-corrected chi connectivity index (χ0v) is 11.2. The molecule has 5 heteroatoms. The summed E-state index contributed by atoms with van der Waals surface area (Å²) in [5.41, 5.74) is 1.04. The highest BCUT2D eigenvalue weighted by molar-refractivity contribution is 5.48. The molecule has 2 aromatic rings. The molecule has 0 bridgehead atoms. The van der Waals surface area contributed by atoms with E-state index in [0.29, 0.717) is 12.5 Å². The minimum atomic E-state index is 0.623. The van der Waals surface area contributed by atoms with Gasteiger partial charge >= 0.3 is 0 Å². The lowest BCUT2D eigenvalue weighted by molar-refractivity contribution is 0.481. The minimum Gasteiger partial charge on any atom is -0.464 e. The zero-order chi connectivity index (χ0) is 13.1. The molecule has 18 heavy (non-hydrogen) atoms. The van der Waals surface area contributed by atoms with E-state index in [2.05, 4.69) is 20.2 Å². The summed E-state index contributed by atoms with van der Waals surface area (Å²) >= 11 is 0. The fraction of sp³-hybridized carbons (Fsp3) is 0.385. The number of furan rings is 1. The number of aromatic nitrogens is 2. The molecule has 96 valence electrons. The molecule has 0 amide bonds. The molecule has 0 radical (unpaired) electrons. The van der Waals surface area contributed by atoms with E-state index in [0.717, 1.165) is 22.9 Å². The smallest absolute Gasteiger partial charge is 0.224 e. The Hall–Kier alpha value is -2.04. The van der Waals surface area contributed by atoms with Crippen LogP contribution in [0.2, 0.25) is 0 Å². The van der Waals surface area contributed by atoms with Crippen LogP contribution in [0.3, 0.4) is 0 Å². The van der Waals surface area contributed by atoms with Gasteiger partial charge in [-0.05, 0) is 26.0 Å². The maximum Gasteiger partial charge on any atom is 0.224 e. The van der Waals surface area contributed by atoms with Gasteiger partial charge in [-0.3, -0.25) is 0 Å². The Kier molecular flexibility index (Phi) is 3.50. The van der Waals surface area contributed by atoms with Gasteiger partial charge in [0.15, 0.2) is 0 Å². The molecule has 0 spiro atoms. The maximum atomic E-state index is 5.57. The first-order chi connectivity index (χ1) is 8.60. The number of nitrogens with zero attached hydrogens (tertiary/aromatic N) is 3. The summed E-state index contributed by atoms with van der Waals surface area (Å²) in [7, 11) is 3.80. The molecule has 0 fully saturated rings. The molecular formula is C13H18N4O. The van der Waals surface area contributed by atoms with E-state index in [1.54, 1.807) is 0 Å². The highest BCUT2D eigenvalue weighted by Gasteiger charge is 2.10. The molecule has 0 aliphatic rings. The van der Waals surface area contributed by atoms with Crippen molar-refractivity contribution >= 4 is 11.8 Å². The van der Waals surface area contributed by atoms with Crippen LogP contribution < -0.4 is 10.2 Å². The highest BCUT2D eigenvalue weighted by Crippen LogP contribution is 2.19. The Morgan fingerprint density at radius 2 is 2.11 bits per heavy atom. The van der Waals surface area contributed by atoms with Crippen LogP contribution in [0.5, 0.6) is 0 Å². The number of rotatable bonds is 4. The second-order valence-corrected chi connectivity index (χ2v) is 4.32. The fourth-order valence-corrected chi connectivity index (χ4v) is 1.82. The lowest BCUT2D eigenvalue weighted by Crippen LogP contribution is -2.19. The summed E-state index contributed by atoms with van der Waals surface area (Å²) < 4.78 is 5.57. The van der Waals surface area contributed by atoms with Crippen LogP contribution in [0.4, 0.5) is 11.8 Å². The van der Waals surface area contributed by atoms with Crippen molar-refractivity contribution in [3.63, 3.8) is 0 Å². The first-order valence-electron chi connectivity index (χ1n) is 5.88. The summed E-state index contributed by atoms with van der Waals surface area (Å²) in [6.45, 7) is 4.63. The van der Waals surface area contributed by atoms with Crippen molar-refractivity contribution in [3.8, 4) is 0 Å². The van der Waals surface area contributed by atoms with Crippen LogP contribution in [0.25, 0.3) is 0 Å². The molecule has 2 aromatic heterocycles. The maximum absolute atomic E-state index is 5.57. The predicted molar refractivity (Wildman–Crippen MR) is 71.9 cm³/mol. The molecule has 0 aromatic carbocycles. The molecule has 0 saturated carbocycles. The van der Waals surface area contributed by atoms with Crippen molar-refractivity contribution in [3.05, 3.63) is 35.4 Å². The molecule has 2 heterocycles. The Bertz CT molecular complexity index is 536. The average Bonchev–Trinajstić information content (AvgIpc) is 2.75. The van der Waals surface area contributed by atoms with E-state index >= 15 is 0 Å². The summed E-state index contributed by atoms with van der Waals surface area (Å²) in [4.78, 5) is 10.7. The van der Waals surface area contributed by atoms with Gasteiger partial charge in [0.25, 0.3) is 0 Å². The minimum absolute atomic E-state index is 0.623. The van der Waals surface area contributed by atoms with Crippen LogP contribution in [0, 0.1) is 13.8 Å². The Balaban J connectivity index is 2.20. The third-order valence-corrected chi connectivity index (χ3v) is 2.72. The molecule has 2 rings (SSSR count). The highest BCUT2D eigenvalue weighted by atomic mass is 16.3. The quantitative estimate of drug-likeness (QED) is 0.897. The largest absolute Gasteiger partial charge is 0.464 e. The lowest BCUT2D eigenvalue weighted by atomic mass is 10.3. The molecule has 5 nitrogen and oxygen atoms in total. The van der Waals surface area contributed by atoms with Crippen LogP contribution in [0.1, 0.15) is 17.1 Å². The lowest BCUT2D eigenvalue weighted by Gasteiger charge is -2.19. The van der Waals surface area contributed by atoms with Crippen LogP contribution >= 0.6 is 0 Å². The van der Waals surface area contributed by atoms with Crippen molar-refractivity contribution in [2.24, 2.45) is 0 Å². The van der Waals surface area contributed by atoms with Crippen LogP contribution in [0.15, 0.2) is 22.7 Å². The summed E-state index contributed by atoms with van der Waals surface area (Å²) in [5, 5.41) is 2.95. The van der Waals surface area contributed by atoms with Gasteiger partial charge in [-0.25, -0.2) is 4.98 Å². The fourth-order valence-electron chi connectivity index (χ4n) is 1.82. The van der Waals surface area contributed by atoms with E-state index in [1.807, 2.05) is 46.3 Å². The average molecular weight is 246 g/mol. The zero-order valence-electron chi connectivity index (χ0n) is 11.2. The van der Waals surface area contributed by atoms with Crippen LogP contribution in [-0.2, 0) is 6.54 Å². The summed E-state index contributed by atoms with van der Waals surface area (Å²) in [5.74, 6) is 3.38. The first kappa shape index (κ1) is 12.4. The molecule has 0 aliphatic heterocycles. The van der Waals surface area contributed by atoms with Gasteiger partial charge in [0, 0.05) is 25.9 Å². The summed E-state index contributed by atoms with van der Waals surface area (Å²) in [6, 6.07) is 3.95. The third kappa shape index (κ3) is 2.61. The van der Waals surface area contributed by atoms with Gasteiger partial charge in [-0.15, -0.1) is 0 Å². The van der Waals surface area contributed by atoms with Crippen molar-refractivity contribution in [2.45, 2.75) is 20.4 Å². The molecule has 0 aliphatic carbocycles. The van der Waals surface area contributed by atoms with Crippen molar-refractivity contribution in [1.29, 1.82) is 0 Å². The van der Waals surface area contributed by atoms with Gasteiger partial charge in [0.05, 0.1) is 6.54 Å². The molecule has 0 saturated heterocycles. The summed E-state index contributed by atoms with van der Waals surface area (Å²) in [6.07, 6.45) is 1.82. The number of hydrogen-bond acceptors (Lipinski definition) is 5. The predicted octanol–water partition coefficient (Wildman–Crippen LogP) is 2.36. The van der Waals surface area contributed by atoms with E-state index < -0.39 is 0 Å². The van der Waals surface area contributed by atoms with E-state index in [1.165, 1.54) is 0 Å². The standard InChI is InChI=1S/C13H18N4O/c1-9-7-15-13(14-3)16-12(9)17(4)8-11-6-5-10(2)18-11/h5-7H,8H2,1-4H3,(H,14,15,16). The Morgan fingerprint density at radius 3 is 2.72 bits per heavy atom. The van der Waals surface area contributed by atoms with Gasteiger partial charge < -0.3 is 14.6 Å². The molecule has 1 N–H and O–H groups in total. The Morgan fingerprint density at radius 1 is 1.33 bits per heavy atom. The topological polar surface area (TPSA) is 54.2 Å². The van der Waals surface area contributed by atoms with E-state index in [-0.39, 0.29) is 0 Å². The number of anilines is 2. The monoisotopic (exact) mass is 246 g/mol. The second-order valence-electron chi connectivity index (χ2n) is 4.32. The first-order valence-corrected chi connectivity index (χ1v) is 5.88. The number of aryl methyl sites for hydroxylation is 2. The number of nitrogens with one attached hydrogen (secondary N) is 1. The third-order valence-electron chi connectivity index (χ3n) is 2.72. The van der Waals surface area contributed by atoms with Crippen molar-refractivity contribution < 1.29 is 4.42 Å². The van der Waals surface area contributed by atoms with E-state index in [9.17, 15) is 0 Å². The van der Waals surface area contributed by atoms with Gasteiger partial charge in [-0.1, -0.05) is 0 Å². The second kappa shape index (κ2) is 5.08. The Labute approximate surface area is 107 Å².